The number of hydrogen-bond donors (Lipinski definition) is 0. The predicted octanol–water partition coefficient (Wildman–Crippen LogP) is 7.04. The molecule has 0 aliphatic heterocycles. The average molecular weight is 441 g/mol. The SMILES string of the molecule is N#C/C(=C/c1c(OCc2ccc(Cl)cc2)ccc2ccccc12)c1cccc([N+](=O)[O-])c1. The number of hydrogen-bond acceptors (Lipinski definition) is 4. The molecule has 32 heavy (non-hydrogen) atoms. The van der Waals surface area contributed by atoms with Gasteiger partial charge in [0.2, 0.25) is 0 Å². The molecule has 0 radical (unpaired) electrons. The number of allylic oxidation sites excluding steroid dienone is 1. The highest BCUT2D eigenvalue weighted by molar-refractivity contribution is 6.30. The second-order valence-electron chi connectivity index (χ2n) is 7.09. The van der Waals surface area contributed by atoms with Crippen LogP contribution in [-0.4, -0.2) is 4.92 Å². The standard InChI is InChI=1S/C26H17ClN2O3/c27-22-11-8-18(9-12-22)17-32-26-13-10-19-4-1-2-7-24(19)25(26)15-21(16-28)20-5-3-6-23(14-20)29(30)31/h1-15H,17H2/b21-15-. The van der Waals surface area contributed by atoms with Gasteiger partial charge in [0.1, 0.15) is 12.4 Å². The molecular weight excluding hydrogens is 424 g/mol. The van der Waals surface area contributed by atoms with E-state index in [1.807, 2.05) is 48.5 Å². The number of nitro benzene ring substituents is 1. The van der Waals surface area contributed by atoms with E-state index in [1.54, 1.807) is 30.3 Å². The first-order valence-corrected chi connectivity index (χ1v) is 10.2. The summed E-state index contributed by atoms with van der Waals surface area (Å²) in [6.45, 7) is 0.328. The molecular formula is C26H17ClN2O3. The minimum atomic E-state index is -0.475. The maximum absolute atomic E-state index is 11.2. The van der Waals surface area contributed by atoms with Gasteiger partial charge in [0, 0.05) is 22.7 Å². The number of rotatable bonds is 6. The van der Waals surface area contributed by atoms with Crippen molar-refractivity contribution in [3.8, 4) is 11.8 Å². The zero-order chi connectivity index (χ0) is 22.5. The van der Waals surface area contributed by atoms with Crippen LogP contribution in [0.5, 0.6) is 5.75 Å². The van der Waals surface area contributed by atoms with Crippen molar-refractivity contribution in [1.29, 1.82) is 5.26 Å². The monoisotopic (exact) mass is 440 g/mol. The fraction of sp³-hybridized carbons (Fsp3) is 0.0385. The van der Waals surface area contributed by atoms with Crippen molar-refractivity contribution < 1.29 is 9.66 Å². The maximum Gasteiger partial charge on any atom is 0.270 e. The Kier molecular flexibility index (Phi) is 6.16. The quantitative estimate of drug-likeness (QED) is 0.139. The highest BCUT2D eigenvalue weighted by atomic mass is 35.5. The summed E-state index contributed by atoms with van der Waals surface area (Å²) in [7, 11) is 0. The molecule has 0 heterocycles. The fourth-order valence-corrected chi connectivity index (χ4v) is 3.53. The number of non-ortho nitro benzene ring substituents is 1. The topological polar surface area (TPSA) is 76.2 Å². The van der Waals surface area contributed by atoms with Crippen LogP contribution in [0.2, 0.25) is 5.02 Å². The van der Waals surface area contributed by atoms with Gasteiger partial charge >= 0.3 is 0 Å². The maximum atomic E-state index is 11.2. The van der Waals surface area contributed by atoms with Crippen molar-refractivity contribution >= 4 is 39.7 Å². The van der Waals surface area contributed by atoms with E-state index in [1.165, 1.54) is 12.1 Å². The van der Waals surface area contributed by atoms with Crippen molar-refractivity contribution in [3.63, 3.8) is 0 Å². The van der Waals surface area contributed by atoms with E-state index in [2.05, 4.69) is 6.07 Å². The van der Waals surface area contributed by atoms with Gasteiger partial charge in [-0.3, -0.25) is 10.1 Å². The van der Waals surface area contributed by atoms with E-state index >= 15 is 0 Å². The summed E-state index contributed by atoms with van der Waals surface area (Å²) >= 11 is 5.96. The lowest BCUT2D eigenvalue weighted by molar-refractivity contribution is -0.384. The zero-order valence-corrected chi connectivity index (χ0v) is 17.6. The lowest BCUT2D eigenvalue weighted by Crippen LogP contribution is -1.98. The molecule has 4 aromatic carbocycles. The van der Waals surface area contributed by atoms with E-state index < -0.39 is 4.92 Å². The molecule has 0 atom stereocenters. The summed E-state index contributed by atoms with van der Waals surface area (Å²) in [5.41, 5.74) is 2.40. The van der Waals surface area contributed by atoms with Gasteiger partial charge in [-0.05, 0) is 46.2 Å². The van der Waals surface area contributed by atoms with Crippen LogP contribution in [0.4, 0.5) is 5.69 Å². The van der Waals surface area contributed by atoms with Crippen molar-refractivity contribution in [3.05, 3.63) is 117 Å². The first-order chi connectivity index (χ1) is 15.5. The van der Waals surface area contributed by atoms with Gasteiger partial charge in [0.25, 0.3) is 5.69 Å². The summed E-state index contributed by atoms with van der Waals surface area (Å²) in [5.74, 6) is 0.608. The van der Waals surface area contributed by atoms with Gasteiger partial charge in [-0.1, -0.05) is 66.2 Å². The van der Waals surface area contributed by atoms with Crippen molar-refractivity contribution in [2.24, 2.45) is 0 Å². The molecule has 0 saturated heterocycles. The molecule has 0 aliphatic rings. The molecule has 156 valence electrons. The number of nitro groups is 1. The normalized spacial score (nSPS) is 11.2. The summed E-state index contributed by atoms with van der Waals surface area (Å²) in [4.78, 5) is 10.7. The Labute approximate surface area is 189 Å². The molecule has 4 aromatic rings. The molecule has 0 bridgehead atoms. The Hall–Kier alpha value is -4.14. The van der Waals surface area contributed by atoms with Gasteiger partial charge < -0.3 is 4.74 Å². The average Bonchev–Trinajstić information content (AvgIpc) is 2.82. The number of benzene rings is 4. The highest BCUT2D eigenvalue weighted by Crippen LogP contribution is 2.33. The second kappa shape index (κ2) is 9.34. The van der Waals surface area contributed by atoms with Crippen molar-refractivity contribution in [2.45, 2.75) is 6.61 Å². The fourth-order valence-electron chi connectivity index (χ4n) is 3.40. The number of nitriles is 1. The van der Waals surface area contributed by atoms with Crippen LogP contribution < -0.4 is 4.74 Å². The van der Waals surface area contributed by atoms with Crippen LogP contribution in [0.3, 0.4) is 0 Å². The summed E-state index contributed by atoms with van der Waals surface area (Å²) in [6, 6.07) is 27.2. The number of nitrogens with zero attached hydrogens (tertiary/aromatic N) is 2. The Morgan fingerprint density at radius 2 is 1.81 bits per heavy atom. The lowest BCUT2D eigenvalue weighted by Gasteiger charge is -2.13. The second-order valence-corrected chi connectivity index (χ2v) is 7.53. The van der Waals surface area contributed by atoms with Gasteiger partial charge in [0.15, 0.2) is 0 Å². The number of ether oxygens (including phenoxy) is 1. The molecule has 0 aromatic heterocycles. The van der Waals surface area contributed by atoms with Gasteiger partial charge in [-0.25, -0.2) is 0 Å². The minimum absolute atomic E-state index is 0.0687. The van der Waals surface area contributed by atoms with E-state index in [0.717, 1.165) is 21.9 Å². The van der Waals surface area contributed by atoms with Gasteiger partial charge in [-0.15, -0.1) is 0 Å². The number of halogens is 1. The zero-order valence-electron chi connectivity index (χ0n) is 16.9. The number of fused-ring (bicyclic) bond motifs is 1. The van der Waals surface area contributed by atoms with Crippen LogP contribution in [0.15, 0.2) is 84.9 Å². The smallest absolute Gasteiger partial charge is 0.270 e. The summed E-state index contributed by atoms with van der Waals surface area (Å²) in [6.07, 6.45) is 1.72. The van der Waals surface area contributed by atoms with E-state index in [-0.39, 0.29) is 5.69 Å². The van der Waals surface area contributed by atoms with E-state index in [0.29, 0.717) is 28.5 Å². The first kappa shape index (κ1) is 21.1. The van der Waals surface area contributed by atoms with E-state index in [9.17, 15) is 15.4 Å². The third kappa shape index (κ3) is 4.61. The van der Waals surface area contributed by atoms with Gasteiger partial charge in [0.05, 0.1) is 16.6 Å². The summed E-state index contributed by atoms with van der Waals surface area (Å²) < 4.78 is 6.11. The Balaban J connectivity index is 1.79. The minimum Gasteiger partial charge on any atom is -0.488 e. The van der Waals surface area contributed by atoms with Gasteiger partial charge in [-0.2, -0.15) is 5.26 Å². The first-order valence-electron chi connectivity index (χ1n) is 9.81. The molecule has 0 amide bonds. The Morgan fingerprint density at radius 3 is 2.56 bits per heavy atom. The van der Waals surface area contributed by atoms with Crippen molar-refractivity contribution in [1.82, 2.24) is 0 Å². The molecule has 0 unspecified atom stereocenters. The molecule has 0 saturated carbocycles. The summed E-state index contributed by atoms with van der Waals surface area (Å²) in [5, 5.41) is 23.6. The molecule has 0 aliphatic carbocycles. The predicted molar refractivity (Wildman–Crippen MR) is 126 cm³/mol. The van der Waals surface area contributed by atoms with Crippen LogP contribution in [0, 0.1) is 21.4 Å². The lowest BCUT2D eigenvalue weighted by atomic mass is 9.98. The van der Waals surface area contributed by atoms with Crippen LogP contribution >= 0.6 is 11.6 Å². The Morgan fingerprint density at radius 1 is 1.03 bits per heavy atom. The molecule has 0 fully saturated rings. The Bertz CT molecular complexity index is 1370. The highest BCUT2D eigenvalue weighted by Gasteiger charge is 2.12. The molecule has 4 rings (SSSR count). The molecule has 0 spiro atoms. The molecule has 0 N–H and O–H groups in total. The van der Waals surface area contributed by atoms with Crippen molar-refractivity contribution in [2.75, 3.05) is 0 Å². The van der Waals surface area contributed by atoms with Crippen LogP contribution in [-0.2, 0) is 6.61 Å². The molecule has 6 heteroatoms. The third-order valence-corrected chi connectivity index (χ3v) is 5.27. The third-order valence-electron chi connectivity index (χ3n) is 5.02. The van der Waals surface area contributed by atoms with Crippen LogP contribution in [0.1, 0.15) is 16.7 Å². The van der Waals surface area contributed by atoms with Crippen LogP contribution in [0.25, 0.3) is 22.4 Å². The molecule has 5 nitrogen and oxygen atoms in total. The largest absolute Gasteiger partial charge is 0.488 e. The van der Waals surface area contributed by atoms with E-state index in [4.69, 9.17) is 16.3 Å².